The number of aromatic nitrogens is 2. The fourth-order valence-electron chi connectivity index (χ4n) is 6.06. The number of aliphatic imine (C=N–C) groups is 1. The second-order valence-corrected chi connectivity index (χ2v) is 13.5. The summed E-state index contributed by atoms with van der Waals surface area (Å²) in [7, 11) is -3.80. The minimum absolute atomic E-state index is 0.0400. The van der Waals surface area contributed by atoms with Crippen molar-refractivity contribution in [3.05, 3.63) is 119 Å². The van der Waals surface area contributed by atoms with Crippen LogP contribution < -0.4 is 15.0 Å². The van der Waals surface area contributed by atoms with E-state index in [4.69, 9.17) is 14.8 Å². The molecule has 1 amide bonds. The van der Waals surface area contributed by atoms with Crippen molar-refractivity contribution in [2.45, 2.75) is 49.1 Å². The van der Waals surface area contributed by atoms with Gasteiger partial charge in [-0.15, -0.1) is 0 Å². The fourth-order valence-corrected chi connectivity index (χ4v) is 7.32. The number of para-hydroxylation sites is 3. The zero-order valence-corrected chi connectivity index (χ0v) is 26.4. The van der Waals surface area contributed by atoms with Gasteiger partial charge < -0.3 is 15.0 Å². The van der Waals surface area contributed by atoms with Gasteiger partial charge in [0.2, 0.25) is 15.7 Å². The highest BCUT2D eigenvalue weighted by molar-refractivity contribution is 7.91. The molecule has 9 nitrogen and oxygen atoms in total. The van der Waals surface area contributed by atoms with Gasteiger partial charge in [0.1, 0.15) is 5.75 Å². The third-order valence-corrected chi connectivity index (χ3v) is 10.1. The van der Waals surface area contributed by atoms with E-state index >= 15 is 0 Å². The van der Waals surface area contributed by atoms with Crippen molar-refractivity contribution in [2.75, 3.05) is 10.2 Å². The van der Waals surface area contributed by atoms with Gasteiger partial charge >= 0.3 is 6.61 Å². The predicted molar refractivity (Wildman–Crippen MR) is 174 cm³/mol. The normalized spacial score (nSPS) is 15.6. The number of nitrogens with one attached hydrogen (secondary N) is 1. The maximum atomic E-state index is 13.6. The molecule has 0 aliphatic carbocycles. The Bertz CT molecular complexity index is 2160. The highest BCUT2D eigenvalue weighted by Gasteiger charge is 2.43. The third kappa shape index (κ3) is 5.14. The molecule has 2 aliphatic rings. The van der Waals surface area contributed by atoms with E-state index in [1.807, 2.05) is 38.1 Å². The van der Waals surface area contributed by atoms with E-state index < -0.39 is 28.4 Å². The molecular weight excluding hydrogens is 624 g/mol. The number of sulfone groups is 1. The molecule has 0 radical (unpaired) electrons. The van der Waals surface area contributed by atoms with Crippen LogP contribution in [0.3, 0.4) is 0 Å². The van der Waals surface area contributed by atoms with Gasteiger partial charge in [-0.1, -0.05) is 56.3 Å². The van der Waals surface area contributed by atoms with Crippen molar-refractivity contribution in [1.82, 2.24) is 9.78 Å². The van der Waals surface area contributed by atoms with E-state index in [9.17, 15) is 22.0 Å². The van der Waals surface area contributed by atoms with Crippen LogP contribution in [0, 0.1) is 6.92 Å². The minimum atomic E-state index is -3.80. The van der Waals surface area contributed by atoms with Gasteiger partial charge in [-0.05, 0) is 73.0 Å². The van der Waals surface area contributed by atoms with Crippen LogP contribution in [0.1, 0.15) is 48.2 Å². The second-order valence-electron chi connectivity index (χ2n) is 11.6. The Hall–Kier alpha value is -5.36. The number of alkyl halides is 2. The summed E-state index contributed by atoms with van der Waals surface area (Å²) in [5.41, 5.74) is 4.19. The van der Waals surface area contributed by atoms with Crippen LogP contribution in [-0.4, -0.2) is 36.6 Å². The molecule has 0 bridgehead atoms. The highest BCUT2D eigenvalue weighted by atomic mass is 32.2. The first-order valence-electron chi connectivity index (χ1n) is 14.9. The van der Waals surface area contributed by atoms with Gasteiger partial charge in [0.25, 0.3) is 5.91 Å². The van der Waals surface area contributed by atoms with Gasteiger partial charge in [-0.3, -0.25) is 4.79 Å². The van der Waals surface area contributed by atoms with Gasteiger partial charge in [0, 0.05) is 11.1 Å². The van der Waals surface area contributed by atoms with E-state index in [0.29, 0.717) is 39.7 Å². The fraction of sp³-hybridized carbons (Fsp3) is 0.171. The molecule has 7 rings (SSSR count). The highest BCUT2D eigenvalue weighted by Crippen LogP contribution is 2.49. The lowest BCUT2D eigenvalue weighted by atomic mass is 9.92. The maximum absolute atomic E-state index is 13.6. The number of benzene rings is 4. The van der Waals surface area contributed by atoms with E-state index in [2.05, 4.69) is 5.32 Å². The number of amides is 1. The Kier molecular flexibility index (Phi) is 7.39. The molecule has 1 aromatic heterocycles. The molecule has 3 heterocycles. The van der Waals surface area contributed by atoms with Gasteiger partial charge in [-0.25, -0.2) is 18.1 Å². The quantitative estimate of drug-likeness (QED) is 0.197. The van der Waals surface area contributed by atoms with Crippen molar-refractivity contribution in [2.24, 2.45) is 4.99 Å². The van der Waals surface area contributed by atoms with Crippen molar-refractivity contribution in [3.63, 3.8) is 0 Å². The lowest BCUT2D eigenvalue weighted by molar-refractivity contribution is -0.110. The van der Waals surface area contributed by atoms with Gasteiger partial charge in [0.15, 0.2) is 5.82 Å². The molecule has 0 saturated heterocycles. The average Bonchev–Trinajstić information content (AvgIpc) is 3.40. The zero-order chi connectivity index (χ0) is 33.0. The Labute approximate surface area is 270 Å². The molecule has 12 heteroatoms. The number of anilines is 2. The molecule has 1 unspecified atom stereocenters. The van der Waals surface area contributed by atoms with E-state index in [-0.39, 0.29) is 27.3 Å². The predicted octanol–water partition coefficient (Wildman–Crippen LogP) is 7.33. The maximum Gasteiger partial charge on any atom is 0.387 e. The molecule has 0 saturated carbocycles. The molecule has 5 aromatic rings. The summed E-state index contributed by atoms with van der Waals surface area (Å²) in [6.07, 6.45) is 0. The molecule has 1 N–H and O–H groups in total. The monoisotopic (exact) mass is 653 g/mol. The second kappa shape index (κ2) is 11.5. The molecule has 0 spiro atoms. The van der Waals surface area contributed by atoms with E-state index in [1.165, 1.54) is 22.9 Å². The van der Waals surface area contributed by atoms with Gasteiger partial charge in [-0.2, -0.15) is 13.9 Å². The molecule has 0 fully saturated rings. The summed E-state index contributed by atoms with van der Waals surface area (Å²) >= 11 is 0. The topological polar surface area (TPSA) is 106 Å². The van der Waals surface area contributed by atoms with Crippen LogP contribution in [0.4, 0.5) is 26.0 Å². The van der Waals surface area contributed by atoms with Crippen molar-refractivity contribution in [3.8, 4) is 11.4 Å². The minimum Gasteiger partial charge on any atom is -0.434 e. The van der Waals surface area contributed by atoms with Crippen LogP contribution in [0.2, 0.25) is 0 Å². The number of aryl methyl sites for hydroxylation is 1. The number of amidine groups is 1. The molecule has 2 aliphatic heterocycles. The lowest BCUT2D eigenvalue weighted by Crippen LogP contribution is -2.48. The summed E-state index contributed by atoms with van der Waals surface area (Å²) in [6.45, 7) is 2.78. The molecule has 1 atom stereocenters. The molecule has 47 heavy (non-hydrogen) atoms. The van der Waals surface area contributed by atoms with E-state index in [0.717, 1.165) is 5.56 Å². The van der Waals surface area contributed by atoms with Crippen molar-refractivity contribution in [1.29, 1.82) is 0 Å². The number of nitrogens with zero attached hydrogens (tertiary/aromatic N) is 4. The number of fused-ring (bicyclic) bond motifs is 4. The number of carbonyl (C=O) groups excluding carboxylic acids is 1. The first-order chi connectivity index (χ1) is 22.5. The molecule has 238 valence electrons. The summed E-state index contributed by atoms with van der Waals surface area (Å²) in [5, 5.41) is 7.62. The van der Waals surface area contributed by atoms with E-state index in [1.54, 1.807) is 66.4 Å². The lowest BCUT2D eigenvalue weighted by Gasteiger charge is -2.40. The number of ether oxygens (including phenoxy) is 1. The number of hydrogen-bond acceptors (Lipinski definition) is 7. The molecule has 4 aromatic carbocycles. The SMILES string of the molecule is Cc1nn(-c2ccc(S(=O)(=O)c3ccc(C(C)C)cc3)cc2)c2c1C(c1ccccc1OC(F)F)N1C(=N2)C(=O)Nc2ccccc21. The molecular formula is C35H29F2N5O4S. The van der Waals surface area contributed by atoms with Gasteiger partial charge in [0.05, 0.1) is 38.6 Å². The standard InChI is InChI=1S/C35H29F2N5O4S/c1-20(2)22-12-16-24(17-13-22)47(44,45)25-18-14-23(15-19-25)42-32-30(21(3)40-42)31(26-8-4-7-11-29(26)46-35(36)37)41-28-10-6-5-9-27(28)38-34(43)33(41)39-32/h4-20,31,35H,1-3H3,(H,38,43). The number of hydrogen-bond donors (Lipinski definition) is 1. The van der Waals surface area contributed by atoms with Crippen LogP contribution in [0.5, 0.6) is 5.75 Å². The number of halogens is 2. The summed E-state index contributed by atoms with van der Waals surface area (Å²) in [4.78, 5) is 20.3. The van der Waals surface area contributed by atoms with Crippen LogP contribution in [-0.2, 0) is 14.6 Å². The Morgan fingerprint density at radius 2 is 1.51 bits per heavy atom. The third-order valence-electron chi connectivity index (χ3n) is 8.35. The Balaban J connectivity index is 1.36. The Morgan fingerprint density at radius 3 is 2.19 bits per heavy atom. The summed E-state index contributed by atoms with van der Waals surface area (Å²) < 4.78 is 60.6. The Morgan fingerprint density at radius 1 is 0.872 bits per heavy atom. The van der Waals surface area contributed by atoms with Crippen molar-refractivity contribution >= 4 is 38.8 Å². The number of rotatable bonds is 7. The average molecular weight is 654 g/mol. The smallest absolute Gasteiger partial charge is 0.387 e. The van der Waals surface area contributed by atoms with Crippen LogP contribution in [0.25, 0.3) is 5.69 Å². The van der Waals surface area contributed by atoms with Crippen LogP contribution in [0.15, 0.2) is 112 Å². The summed E-state index contributed by atoms with van der Waals surface area (Å²) in [5.74, 6) is 0.0796. The summed E-state index contributed by atoms with van der Waals surface area (Å²) in [6, 6.07) is 25.9. The van der Waals surface area contributed by atoms with Crippen molar-refractivity contribution < 1.29 is 26.7 Å². The first kappa shape index (κ1) is 30.3. The largest absolute Gasteiger partial charge is 0.434 e. The number of carbonyl (C=O) groups is 1. The first-order valence-corrected chi connectivity index (χ1v) is 16.4. The van der Waals surface area contributed by atoms with Crippen LogP contribution >= 0.6 is 0 Å². The zero-order valence-electron chi connectivity index (χ0n) is 25.6.